The van der Waals surface area contributed by atoms with E-state index in [1.165, 1.54) is 0 Å². The molecule has 1 aliphatic rings. The summed E-state index contributed by atoms with van der Waals surface area (Å²) in [5.74, 6) is 1.12. The molecule has 5 nitrogen and oxygen atoms in total. The Kier molecular flexibility index (Phi) is 3.55. The van der Waals surface area contributed by atoms with E-state index in [9.17, 15) is 0 Å². The first-order chi connectivity index (χ1) is 8.20. The largest absolute Gasteiger partial charge is 0.356 e. The Hall–Kier alpha value is -1.67. The van der Waals surface area contributed by atoms with Crippen LogP contribution in [0.3, 0.4) is 0 Å². The van der Waals surface area contributed by atoms with E-state index in [1.54, 1.807) is 6.20 Å². The zero-order valence-electron chi connectivity index (χ0n) is 10.3. The van der Waals surface area contributed by atoms with Gasteiger partial charge >= 0.3 is 0 Å². The highest BCUT2D eigenvalue weighted by Crippen LogP contribution is 2.19. The summed E-state index contributed by atoms with van der Waals surface area (Å²) in [6.07, 6.45) is 3.93. The Bertz CT molecular complexity index is 415. The van der Waals surface area contributed by atoms with Crippen molar-refractivity contribution in [3.8, 4) is 6.07 Å². The number of anilines is 1. The third-order valence-electron chi connectivity index (χ3n) is 3.26. The van der Waals surface area contributed by atoms with Gasteiger partial charge in [0, 0.05) is 25.3 Å². The maximum Gasteiger partial charge on any atom is 0.234 e. The molecule has 0 aliphatic carbocycles. The molecule has 0 amide bonds. The average Bonchev–Trinajstić information content (AvgIpc) is 2.39. The summed E-state index contributed by atoms with van der Waals surface area (Å²) < 4.78 is 0. The zero-order valence-corrected chi connectivity index (χ0v) is 10.3. The number of nitriles is 1. The Balaban J connectivity index is 2.03. The van der Waals surface area contributed by atoms with Crippen molar-refractivity contribution in [2.24, 2.45) is 0 Å². The number of hydrogen-bond acceptors (Lipinski definition) is 5. The van der Waals surface area contributed by atoms with Crippen LogP contribution in [0, 0.1) is 11.3 Å². The maximum absolute atomic E-state index is 8.78. The molecule has 1 fully saturated rings. The molecule has 17 heavy (non-hydrogen) atoms. The molecule has 0 atom stereocenters. The molecule has 0 saturated carbocycles. The van der Waals surface area contributed by atoms with Crippen LogP contribution in [0.2, 0.25) is 0 Å². The van der Waals surface area contributed by atoms with Crippen molar-refractivity contribution in [2.45, 2.75) is 18.9 Å². The molecule has 0 bridgehead atoms. The number of nitrogens with zero attached hydrogens (tertiary/aromatic N) is 5. The Morgan fingerprint density at radius 2 is 2.12 bits per heavy atom. The first-order valence-electron chi connectivity index (χ1n) is 5.85. The lowest BCUT2D eigenvalue weighted by Crippen LogP contribution is -2.42. The minimum Gasteiger partial charge on any atom is -0.356 e. The van der Waals surface area contributed by atoms with Crippen LogP contribution in [-0.4, -0.2) is 48.1 Å². The zero-order chi connectivity index (χ0) is 12.3. The fourth-order valence-corrected chi connectivity index (χ4v) is 2.19. The van der Waals surface area contributed by atoms with Gasteiger partial charge < -0.3 is 9.80 Å². The van der Waals surface area contributed by atoms with E-state index in [1.807, 2.05) is 12.1 Å². The molecule has 5 heteroatoms. The highest BCUT2D eigenvalue weighted by molar-refractivity contribution is 5.39. The number of rotatable bonds is 2. The molecule has 2 heterocycles. The van der Waals surface area contributed by atoms with E-state index >= 15 is 0 Å². The van der Waals surface area contributed by atoms with E-state index in [-0.39, 0.29) is 5.82 Å². The van der Waals surface area contributed by atoms with E-state index in [0.29, 0.717) is 6.04 Å². The molecule has 0 N–H and O–H groups in total. The number of aromatic nitrogens is 2. The van der Waals surface area contributed by atoms with Gasteiger partial charge in [-0.3, -0.25) is 0 Å². The van der Waals surface area contributed by atoms with Crippen molar-refractivity contribution in [1.29, 1.82) is 5.26 Å². The fourth-order valence-electron chi connectivity index (χ4n) is 2.19. The second-order valence-corrected chi connectivity index (χ2v) is 4.53. The van der Waals surface area contributed by atoms with Gasteiger partial charge in [0.2, 0.25) is 5.82 Å². The molecular formula is C12H17N5. The topological polar surface area (TPSA) is 56.0 Å². The molecule has 0 spiro atoms. The van der Waals surface area contributed by atoms with Crippen molar-refractivity contribution >= 4 is 5.82 Å². The molecule has 0 unspecified atom stereocenters. The monoisotopic (exact) mass is 231 g/mol. The first kappa shape index (κ1) is 11.8. The lowest BCUT2D eigenvalue weighted by molar-refractivity contribution is 0.249. The minimum absolute atomic E-state index is 0.247. The van der Waals surface area contributed by atoms with Crippen molar-refractivity contribution in [3.63, 3.8) is 0 Å². The molecule has 1 aromatic heterocycles. The second-order valence-electron chi connectivity index (χ2n) is 4.53. The standard InChI is InChI=1S/C12H17N5/c1-16(2)10-4-7-17(8-5-10)12-3-6-14-11(9-13)15-12/h3,6,10H,4-5,7-8H2,1-2H3. The molecule has 0 radical (unpaired) electrons. The van der Waals surface area contributed by atoms with Gasteiger partial charge in [0.05, 0.1) is 0 Å². The van der Waals surface area contributed by atoms with Crippen LogP contribution < -0.4 is 4.90 Å². The number of hydrogen-bond donors (Lipinski definition) is 0. The highest BCUT2D eigenvalue weighted by Gasteiger charge is 2.21. The van der Waals surface area contributed by atoms with Crippen molar-refractivity contribution < 1.29 is 0 Å². The van der Waals surface area contributed by atoms with Gasteiger partial charge in [-0.05, 0) is 33.0 Å². The normalized spacial score (nSPS) is 17.2. The van der Waals surface area contributed by atoms with E-state index < -0.39 is 0 Å². The van der Waals surface area contributed by atoms with Crippen LogP contribution >= 0.6 is 0 Å². The predicted octanol–water partition coefficient (Wildman–Crippen LogP) is 0.879. The van der Waals surface area contributed by atoms with Gasteiger partial charge in [0.1, 0.15) is 11.9 Å². The summed E-state index contributed by atoms with van der Waals surface area (Å²) in [5.41, 5.74) is 0. The SMILES string of the molecule is CN(C)C1CCN(c2ccnc(C#N)n2)CC1. The summed E-state index contributed by atoms with van der Waals surface area (Å²) in [7, 11) is 4.25. The molecule has 1 aliphatic heterocycles. The third kappa shape index (κ3) is 2.71. The predicted molar refractivity (Wildman–Crippen MR) is 65.7 cm³/mol. The van der Waals surface area contributed by atoms with E-state index in [4.69, 9.17) is 5.26 Å². The summed E-state index contributed by atoms with van der Waals surface area (Å²) in [5, 5.41) is 8.78. The van der Waals surface area contributed by atoms with Crippen molar-refractivity contribution in [1.82, 2.24) is 14.9 Å². The average molecular weight is 231 g/mol. The van der Waals surface area contributed by atoms with Crippen LogP contribution in [0.1, 0.15) is 18.7 Å². The molecule has 1 saturated heterocycles. The van der Waals surface area contributed by atoms with Crippen molar-refractivity contribution in [2.75, 3.05) is 32.1 Å². The summed E-state index contributed by atoms with van der Waals surface area (Å²) >= 11 is 0. The summed E-state index contributed by atoms with van der Waals surface area (Å²) in [6, 6.07) is 4.50. The number of piperidine rings is 1. The Labute approximate surface area is 102 Å². The van der Waals surface area contributed by atoms with Gasteiger partial charge in [-0.25, -0.2) is 9.97 Å². The van der Waals surface area contributed by atoms with Crippen molar-refractivity contribution in [3.05, 3.63) is 18.1 Å². The van der Waals surface area contributed by atoms with Crippen LogP contribution in [0.4, 0.5) is 5.82 Å². The lowest BCUT2D eigenvalue weighted by Gasteiger charge is -2.35. The van der Waals surface area contributed by atoms with Crippen LogP contribution in [0.15, 0.2) is 12.3 Å². The first-order valence-corrected chi connectivity index (χ1v) is 5.85. The van der Waals surface area contributed by atoms with Gasteiger partial charge in [0.15, 0.2) is 0 Å². The second kappa shape index (κ2) is 5.11. The van der Waals surface area contributed by atoms with E-state index in [2.05, 4.69) is 33.9 Å². The summed E-state index contributed by atoms with van der Waals surface area (Å²) in [4.78, 5) is 12.6. The lowest BCUT2D eigenvalue weighted by atomic mass is 10.0. The quantitative estimate of drug-likeness (QED) is 0.756. The van der Waals surface area contributed by atoms with Gasteiger partial charge in [-0.2, -0.15) is 5.26 Å². The molecule has 0 aromatic carbocycles. The smallest absolute Gasteiger partial charge is 0.234 e. The fraction of sp³-hybridized carbons (Fsp3) is 0.583. The van der Waals surface area contributed by atoms with Gasteiger partial charge in [0.25, 0.3) is 0 Å². The molecule has 90 valence electrons. The van der Waals surface area contributed by atoms with E-state index in [0.717, 1.165) is 31.7 Å². The van der Waals surface area contributed by atoms with Crippen LogP contribution in [0.25, 0.3) is 0 Å². The minimum atomic E-state index is 0.247. The molecular weight excluding hydrogens is 214 g/mol. The van der Waals surface area contributed by atoms with Gasteiger partial charge in [-0.15, -0.1) is 0 Å². The Morgan fingerprint density at radius 1 is 1.41 bits per heavy atom. The van der Waals surface area contributed by atoms with Crippen LogP contribution in [0.5, 0.6) is 0 Å². The van der Waals surface area contributed by atoms with Gasteiger partial charge in [-0.1, -0.05) is 0 Å². The third-order valence-corrected chi connectivity index (χ3v) is 3.26. The summed E-state index contributed by atoms with van der Waals surface area (Å²) in [6.45, 7) is 1.98. The van der Waals surface area contributed by atoms with Crippen LogP contribution in [-0.2, 0) is 0 Å². The molecule has 2 rings (SSSR count). The maximum atomic E-state index is 8.78. The molecule has 1 aromatic rings. The Morgan fingerprint density at radius 3 is 2.71 bits per heavy atom. The highest BCUT2D eigenvalue weighted by atomic mass is 15.2.